The van der Waals surface area contributed by atoms with Crippen LogP contribution in [0.5, 0.6) is 0 Å². The number of Topliss-reactive ketones (excluding diaryl/α,β-unsaturated/α-hetero) is 1. The molecule has 0 aliphatic carbocycles. The maximum atomic E-state index is 12.0. The van der Waals surface area contributed by atoms with Crippen molar-refractivity contribution < 1.29 is 24.0 Å². The molecule has 1 aliphatic rings. The number of benzene rings is 2. The van der Waals surface area contributed by atoms with Crippen LogP contribution >= 0.6 is 11.6 Å². The second-order valence-electron chi connectivity index (χ2n) is 5.47. The number of carbonyl (C=O) groups is 3. The van der Waals surface area contributed by atoms with Gasteiger partial charge in [-0.3, -0.25) is 29.4 Å². The summed E-state index contributed by atoms with van der Waals surface area (Å²) in [5, 5.41) is 10.9. The van der Waals surface area contributed by atoms with E-state index in [1.54, 1.807) is 0 Å². The number of nitrogens with zero attached hydrogens (tertiary/aromatic N) is 2. The summed E-state index contributed by atoms with van der Waals surface area (Å²) in [7, 11) is 0. The first-order valence-corrected chi connectivity index (χ1v) is 7.79. The fraction of sp³-hybridized carbons (Fsp3) is 0.118. The predicted octanol–water partition coefficient (Wildman–Crippen LogP) is 2.52. The van der Waals surface area contributed by atoms with Gasteiger partial charge in [-0.1, -0.05) is 11.6 Å². The first-order chi connectivity index (χ1) is 12.4. The topological polar surface area (TPSA) is 107 Å². The Hall–Kier alpha value is -3.26. The molecule has 0 fully saturated rings. The Bertz CT molecular complexity index is 925. The second-order valence-corrected chi connectivity index (χ2v) is 5.90. The third-order valence-electron chi connectivity index (χ3n) is 3.77. The Morgan fingerprint density at radius 2 is 1.85 bits per heavy atom. The highest BCUT2D eigenvalue weighted by atomic mass is 35.5. The van der Waals surface area contributed by atoms with Crippen molar-refractivity contribution in [1.82, 2.24) is 0 Å². The number of amides is 1. The summed E-state index contributed by atoms with van der Waals surface area (Å²) in [6.07, 6.45) is 0. The fourth-order valence-electron chi connectivity index (χ4n) is 2.48. The largest absolute Gasteiger partial charge is 0.459 e. The van der Waals surface area contributed by atoms with E-state index in [4.69, 9.17) is 16.3 Å². The number of carbonyl (C=O) groups excluding carboxylic acids is 3. The van der Waals surface area contributed by atoms with Gasteiger partial charge in [0.05, 0.1) is 16.2 Å². The molecule has 8 nitrogen and oxygen atoms in total. The lowest BCUT2D eigenvalue weighted by molar-refractivity contribution is -0.384. The Labute approximate surface area is 152 Å². The van der Waals surface area contributed by atoms with E-state index in [1.165, 1.54) is 42.5 Å². The third kappa shape index (κ3) is 3.40. The maximum absolute atomic E-state index is 12.0. The normalized spacial score (nSPS) is 12.9. The molecule has 9 heteroatoms. The number of halogens is 1. The predicted molar refractivity (Wildman–Crippen MR) is 91.0 cm³/mol. The molecule has 0 aromatic heterocycles. The maximum Gasteiger partial charge on any atom is 0.326 e. The van der Waals surface area contributed by atoms with Gasteiger partial charge in [-0.25, -0.2) is 0 Å². The number of hydrogen-bond acceptors (Lipinski definition) is 6. The van der Waals surface area contributed by atoms with Crippen molar-refractivity contribution in [2.24, 2.45) is 0 Å². The molecule has 2 aromatic rings. The van der Waals surface area contributed by atoms with Crippen molar-refractivity contribution in [3.05, 3.63) is 68.7 Å². The van der Waals surface area contributed by atoms with Crippen LogP contribution in [0.15, 0.2) is 42.5 Å². The van der Waals surface area contributed by atoms with Crippen LogP contribution in [-0.2, 0) is 20.9 Å². The van der Waals surface area contributed by atoms with Gasteiger partial charge in [-0.2, -0.15) is 0 Å². The Morgan fingerprint density at radius 1 is 1.15 bits per heavy atom. The van der Waals surface area contributed by atoms with Gasteiger partial charge in [0.2, 0.25) is 0 Å². The summed E-state index contributed by atoms with van der Waals surface area (Å²) in [5.41, 5.74) is 0.929. The summed E-state index contributed by atoms with van der Waals surface area (Å²) >= 11 is 5.82. The highest BCUT2D eigenvalue weighted by Gasteiger charge is 2.37. The number of hydrogen-bond donors (Lipinski definition) is 0. The number of esters is 1. The van der Waals surface area contributed by atoms with E-state index in [-0.39, 0.29) is 17.9 Å². The van der Waals surface area contributed by atoms with Crippen molar-refractivity contribution in [3.63, 3.8) is 0 Å². The molecule has 0 spiro atoms. The number of anilines is 1. The summed E-state index contributed by atoms with van der Waals surface area (Å²) in [6.45, 7) is -0.535. The molecule has 0 saturated heterocycles. The molecule has 132 valence electrons. The number of nitro groups is 1. The minimum absolute atomic E-state index is 0.0727. The summed E-state index contributed by atoms with van der Waals surface area (Å²) in [4.78, 5) is 47.1. The van der Waals surface area contributed by atoms with Gasteiger partial charge in [-0.15, -0.1) is 0 Å². The molecular formula is C17H11ClN2O6. The van der Waals surface area contributed by atoms with Crippen LogP contribution < -0.4 is 4.90 Å². The molecule has 1 amide bonds. The zero-order valence-corrected chi connectivity index (χ0v) is 13.9. The van der Waals surface area contributed by atoms with Gasteiger partial charge < -0.3 is 4.74 Å². The number of ether oxygens (including phenoxy) is 1. The van der Waals surface area contributed by atoms with Gasteiger partial charge in [0.25, 0.3) is 17.4 Å². The molecule has 0 bridgehead atoms. The molecule has 0 saturated carbocycles. The number of rotatable bonds is 5. The lowest BCUT2D eigenvalue weighted by Gasteiger charge is -2.15. The Morgan fingerprint density at radius 3 is 2.50 bits per heavy atom. The summed E-state index contributed by atoms with van der Waals surface area (Å²) < 4.78 is 5.07. The van der Waals surface area contributed by atoms with Crippen LogP contribution in [-0.4, -0.2) is 29.1 Å². The zero-order chi connectivity index (χ0) is 18.8. The van der Waals surface area contributed by atoms with Crippen LogP contribution in [0.4, 0.5) is 11.4 Å². The van der Waals surface area contributed by atoms with Crippen molar-refractivity contribution in [3.8, 4) is 0 Å². The molecule has 0 atom stereocenters. The highest BCUT2D eigenvalue weighted by molar-refractivity contribution is 6.53. The number of ketones is 1. The van der Waals surface area contributed by atoms with E-state index in [1.807, 2.05) is 0 Å². The van der Waals surface area contributed by atoms with Crippen molar-refractivity contribution in [2.45, 2.75) is 6.61 Å². The minimum atomic E-state index is -0.824. The Balaban J connectivity index is 1.64. The summed E-state index contributed by atoms with van der Waals surface area (Å²) in [6, 6.07) is 9.91. The van der Waals surface area contributed by atoms with E-state index in [0.29, 0.717) is 16.3 Å². The van der Waals surface area contributed by atoms with Crippen LogP contribution in [0.2, 0.25) is 5.02 Å². The Kier molecular flexibility index (Phi) is 4.68. The average Bonchev–Trinajstić information content (AvgIpc) is 2.85. The molecular weight excluding hydrogens is 364 g/mol. The van der Waals surface area contributed by atoms with Gasteiger partial charge in [0, 0.05) is 17.2 Å². The molecule has 0 radical (unpaired) electrons. The third-order valence-corrected chi connectivity index (χ3v) is 4.00. The molecule has 3 rings (SSSR count). The lowest BCUT2D eigenvalue weighted by Crippen LogP contribution is -2.35. The van der Waals surface area contributed by atoms with Gasteiger partial charge in [-0.05, 0) is 35.9 Å². The van der Waals surface area contributed by atoms with E-state index in [9.17, 15) is 24.5 Å². The van der Waals surface area contributed by atoms with E-state index < -0.39 is 29.1 Å². The molecule has 2 aromatic carbocycles. The quantitative estimate of drug-likeness (QED) is 0.344. The lowest BCUT2D eigenvalue weighted by atomic mass is 10.1. The molecule has 26 heavy (non-hydrogen) atoms. The van der Waals surface area contributed by atoms with Crippen LogP contribution in [0.1, 0.15) is 15.9 Å². The standard InChI is InChI=1S/C17H11ClN2O6/c18-11-3-6-14-13(7-11)16(22)17(23)19(14)8-15(21)26-9-10-1-4-12(5-2-10)20(24)25/h1-7H,8-9H2. The first kappa shape index (κ1) is 17.6. The van der Waals surface area contributed by atoms with Gasteiger partial charge in [0.1, 0.15) is 13.2 Å². The highest BCUT2D eigenvalue weighted by Crippen LogP contribution is 2.31. The minimum Gasteiger partial charge on any atom is -0.459 e. The average molecular weight is 375 g/mol. The number of non-ortho nitro benzene ring substituents is 1. The second kappa shape index (κ2) is 6.93. The van der Waals surface area contributed by atoms with Crippen molar-refractivity contribution >= 4 is 40.6 Å². The molecule has 0 unspecified atom stereocenters. The molecule has 1 heterocycles. The first-order valence-electron chi connectivity index (χ1n) is 7.41. The number of nitro benzene ring substituents is 1. The SMILES string of the molecule is O=C(CN1C(=O)C(=O)c2cc(Cl)ccc21)OCc1ccc([N+](=O)[O-])cc1. The van der Waals surface area contributed by atoms with Crippen molar-refractivity contribution in [1.29, 1.82) is 0 Å². The van der Waals surface area contributed by atoms with E-state index >= 15 is 0 Å². The van der Waals surface area contributed by atoms with Crippen LogP contribution in [0.25, 0.3) is 0 Å². The monoisotopic (exact) mass is 374 g/mol. The van der Waals surface area contributed by atoms with Crippen molar-refractivity contribution in [2.75, 3.05) is 11.4 Å². The van der Waals surface area contributed by atoms with E-state index in [0.717, 1.165) is 4.90 Å². The van der Waals surface area contributed by atoms with Gasteiger partial charge in [0.15, 0.2) is 0 Å². The van der Waals surface area contributed by atoms with Crippen LogP contribution in [0.3, 0.4) is 0 Å². The van der Waals surface area contributed by atoms with E-state index in [2.05, 4.69) is 0 Å². The van der Waals surface area contributed by atoms with Gasteiger partial charge >= 0.3 is 5.97 Å². The van der Waals surface area contributed by atoms with Crippen LogP contribution in [0, 0.1) is 10.1 Å². The fourth-order valence-corrected chi connectivity index (χ4v) is 2.65. The molecule has 1 aliphatic heterocycles. The zero-order valence-electron chi connectivity index (χ0n) is 13.2. The smallest absolute Gasteiger partial charge is 0.326 e. The molecule has 0 N–H and O–H groups in total. The summed E-state index contributed by atoms with van der Waals surface area (Å²) in [5.74, 6) is -2.27. The number of fused-ring (bicyclic) bond motifs is 1.